The van der Waals surface area contributed by atoms with Crippen LogP contribution in [0.5, 0.6) is 5.75 Å². The largest absolute Gasteiger partial charge is 0.495 e. The lowest BCUT2D eigenvalue weighted by Gasteiger charge is -2.14. The molecule has 5 nitrogen and oxygen atoms in total. The van der Waals surface area contributed by atoms with Gasteiger partial charge >= 0.3 is 0 Å². The Hall–Kier alpha value is -1.11. The highest BCUT2D eigenvalue weighted by atomic mass is 32.2. The van der Waals surface area contributed by atoms with Crippen LogP contribution < -0.4 is 9.46 Å². The fourth-order valence-electron chi connectivity index (χ4n) is 2.85. The minimum atomic E-state index is -3.63. The predicted molar refractivity (Wildman–Crippen MR) is 80.6 cm³/mol. The van der Waals surface area contributed by atoms with E-state index in [0.717, 1.165) is 19.3 Å². The molecule has 1 aliphatic carbocycles. The summed E-state index contributed by atoms with van der Waals surface area (Å²) in [6.07, 6.45) is 3.30. The van der Waals surface area contributed by atoms with Gasteiger partial charge in [0.15, 0.2) is 0 Å². The SMILES string of the molecule is COc1ccc(CO)cc1S(=O)(=O)NCC1CCC(C)C1. The molecule has 118 valence electrons. The molecule has 0 spiro atoms. The summed E-state index contributed by atoms with van der Waals surface area (Å²) < 4.78 is 32.7. The summed E-state index contributed by atoms with van der Waals surface area (Å²) in [6.45, 7) is 2.45. The molecular formula is C15H23NO4S. The summed E-state index contributed by atoms with van der Waals surface area (Å²) >= 11 is 0. The number of ether oxygens (including phenoxy) is 1. The first-order valence-corrected chi connectivity index (χ1v) is 8.72. The number of nitrogens with one attached hydrogen (secondary N) is 1. The first kappa shape index (κ1) is 16.3. The van der Waals surface area contributed by atoms with Crippen molar-refractivity contribution in [3.63, 3.8) is 0 Å². The summed E-state index contributed by atoms with van der Waals surface area (Å²) in [6, 6.07) is 4.67. The van der Waals surface area contributed by atoms with Gasteiger partial charge in [0, 0.05) is 6.54 Å². The van der Waals surface area contributed by atoms with Crippen LogP contribution in [0.25, 0.3) is 0 Å². The third kappa shape index (κ3) is 3.96. The molecule has 0 heterocycles. The van der Waals surface area contributed by atoms with Crippen LogP contribution in [-0.2, 0) is 16.6 Å². The van der Waals surface area contributed by atoms with Gasteiger partial charge in [-0.05, 0) is 42.4 Å². The molecule has 2 atom stereocenters. The normalized spacial score (nSPS) is 22.4. The highest BCUT2D eigenvalue weighted by Crippen LogP contribution is 2.30. The van der Waals surface area contributed by atoms with Crippen LogP contribution >= 0.6 is 0 Å². The predicted octanol–water partition coefficient (Wildman–Crippen LogP) is 1.90. The molecule has 6 heteroatoms. The molecular weight excluding hydrogens is 290 g/mol. The molecule has 1 aromatic rings. The average Bonchev–Trinajstić information content (AvgIpc) is 2.90. The second-order valence-electron chi connectivity index (χ2n) is 5.78. The van der Waals surface area contributed by atoms with Gasteiger partial charge in [-0.3, -0.25) is 0 Å². The van der Waals surface area contributed by atoms with Crippen LogP contribution in [0.15, 0.2) is 23.1 Å². The highest BCUT2D eigenvalue weighted by Gasteiger charge is 2.25. The van der Waals surface area contributed by atoms with Crippen molar-refractivity contribution in [3.8, 4) is 5.75 Å². The van der Waals surface area contributed by atoms with E-state index in [4.69, 9.17) is 9.84 Å². The van der Waals surface area contributed by atoms with Crippen LogP contribution in [0, 0.1) is 11.8 Å². The van der Waals surface area contributed by atoms with E-state index in [9.17, 15) is 8.42 Å². The molecule has 2 unspecified atom stereocenters. The zero-order chi connectivity index (χ0) is 15.5. The summed E-state index contributed by atoms with van der Waals surface area (Å²) in [4.78, 5) is 0.0857. The van der Waals surface area contributed by atoms with E-state index in [1.165, 1.54) is 13.2 Å². The molecule has 0 saturated heterocycles. The van der Waals surface area contributed by atoms with E-state index in [1.54, 1.807) is 12.1 Å². The Morgan fingerprint density at radius 2 is 2.14 bits per heavy atom. The molecule has 0 aliphatic heterocycles. The number of benzene rings is 1. The maximum Gasteiger partial charge on any atom is 0.244 e. The number of sulfonamides is 1. The molecule has 2 rings (SSSR count). The van der Waals surface area contributed by atoms with Gasteiger partial charge in [-0.15, -0.1) is 0 Å². The monoisotopic (exact) mass is 313 g/mol. The first-order chi connectivity index (χ1) is 9.96. The van der Waals surface area contributed by atoms with E-state index >= 15 is 0 Å². The number of aliphatic hydroxyl groups is 1. The lowest BCUT2D eigenvalue weighted by Crippen LogP contribution is -2.29. The van der Waals surface area contributed by atoms with Crippen molar-refractivity contribution >= 4 is 10.0 Å². The van der Waals surface area contributed by atoms with Gasteiger partial charge in [-0.25, -0.2) is 13.1 Å². The summed E-state index contributed by atoms with van der Waals surface area (Å²) in [7, 11) is -2.19. The van der Waals surface area contributed by atoms with Crippen molar-refractivity contribution < 1.29 is 18.3 Å². The van der Waals surface area contributed by atoms with Crippen molar-refractivity contribution in [2.45, 2.75) is 37.7 Å². The van der Waals surface area contributed by atoms with Gasteiger partial charge in [0.05, 0.1) is 13.7 Å². The fourth-order valence-corrected chi connectivity index (χ4v) is 4.18. The van der Waals surface area contributed by atoms with Crippen LogP contribution in [-0.4, -0.2) is 27.2 Å². The Kier molecular flexibility index (Phi) is 5.24. The lowest BCUT2D eigenvalue weighted by molar-refractivity contribution is 0.281. The summed E-state index contributed by atoms with van der Waals surface area (Å²) in [5.41, 5.74) is 0.547. The number of hydrogen-bond acceptors (Lipinski definition) is 4. The molecule has 2 N–H and O–H groups in total. The second kappa shape index (κ2) is 6.77. The third-order valence-corrected chi connectivity index (χ3v) is 5.51. The van der Waals surface area contributed by atoms with Gasteiger partial charge in [0.2, 0.25) is 10.0 Å². The lowest BCUT2D eigenvalue weighted by atomic mass is 10.1. The first-order valence-electron chi connectivity index (χ1n) is 7.23. The van der Waals surface area contributed by atoms with Crippen LogP contribution in [0.3, 0.4) is 0 Å². The standard InChI is InChI=1S/C15H23NO4S/c1-11-3-4-12(7-11)9-16-21(18,19)15-8-13(10-17)5-6-14(15)20-2/h5-6,8,11-12,16-17H,3-4,7,9-10H2,1-2H3. The maximum absolute atomic E-state index is 12.4. The fraction of sp³-hybridized carbons (Fsp3) is 0.600. The van der Waals surface area contributed by atoms with Crippen molar-refractivity contribution in [3.05, 3.63) is 23.8 Å². The Labute approximate surface area is 126 Å². The van der Waals surface area contributed by atoms with Crippen molar-refractivity contribution in [2.75, 3.05) is 13.7 Å². The molecule has 1 aliphatic rings. The minimum absolute atomic E-state index is 0.0857. The van der Waals surface area contributed by atoms with Gasteiger partial charge in [0.1, 0.15) is 10.6 Å². The molecule has 0 radical (unpaired) electrons. The molecule has 1 aromatic carbocycles. The average molecular weight is 313 g/mol. The van der Waals surface area contributed by atoms with Gasteiger partial charge in [-0.1, -0.05) is 19.4 Å². The topological polar surface area (TPSA) is 75.6 Å². The van der Waals surface area contributed by atoms with Gasteiger partial charge < -0.3 is 9.84 Å². The van der Waals surface area contributed by atoms with Crippen molar-refractivity contribution in [1.82, 2.24) is 4.72 Å². The van der Waals surface area contributed by atoms with Crippen molar-refractivity contribution in [1.29, 1.82) is 0 Å². The third-order valence-electron chi connectivity index (χ3n) is 4.07. The number of hydrogen-bond donors (Lipinski definition) is 2. The minimum Gasteiger partial charge on any atom is -0.495 e. The Balaban J connectivity index is 2.14. The van der Waals surface area contributed by atoms with Gasteiger partial charge in [0.25, 0.3) is 0 Å². The molecule has 0 amide bonds. The zero-order valence-electron chi connectivity index (χ0n) is 12.5. The summed E-state index contributed by atoms with van der Waals surface area (Å²) in [5, 5.41) is 9.17. The van der Waals surface area contributed by atoms with Crippen LogP contribution in [0.1, 0.15) is 31.7 Å². The quantitative estimate of drug-likeness (QED) is 0.841. The second-order valence-corrected chi connectivity index (χ2v) is 7.51. The van der Waals surface area contributed by atoms with Gasteiger partial charge in [-0.2, -0.15) is 0 Å². The Morgan fingerprint density at radius 3 is 2.71 bits per heavy atom. The molecule has 1 saturated carbocycles. The molecule has 1 fully saturated rings. The molecule has 0 bridgehead atoms. The Bertz CT molecular complexity index is 585. The van der Waals surface area contributed by atoms with Crippen LogP contribution in [0.4, 0.5) is 0 Å². The van der Waals surface area contributed by atoms with E-state index < -0.39 is 10.0 Å². The number of aliphatic hydroxyl groups excluding tert-OH is 1. The van der Waals surface area contributed by atoms with E-state index in [0.29, 0.717) is 29.7 Å². The van der Waals surface area contributed by atoms with Crippen molar-refractivity contribution in [2.24, 2.45) is 11.8 Å². The zero-order valence-corrected chi connectivity index (χ0v) is 13.3. The summed E-state index contributed by atoms with van der Waals surface area (Å²) in [5.74, 6) is 1.37. The van der Waals surface area contributed by atoms with Crippen LogP contribution in [0.2, 0.25) is 0 Å². The smallest absolute Gasteiger partial charge is 0.244 e. The molecule has 0 aromatic heterocycles. The van der Waals surface area contributed by atoms with E-state index in [1.807, 2.05) is 0 Å². The number of methoxy groups -OCH3 is 1. The van der Waals surface area contributed by atoms with E-state index in [2.05, 4.69) is 11.6 Å². The maximum atomic E-state index is 12.4. The molecule has 21 heavy (non-hydrogen) atoms. The number of rotatable bonds is 6. The van der Waals surface area contributed by atoms with E-state index in [-0.39, 0.29) is 11.5 Å². The Morgan fingerprint density at radius 1 is 1.38 bits per heavy atom. The highest BCUT2D eigenvalue weighted by molar-refractivity contribution is 7.89.